The molecule has 3 saturated heterocycles. The number of carbonyl (C=O) groups excluding carboxylic acids is 2. The molecule has 3 aliphatic heterocycles. The second kappa shape index (κ2) is 15.2. The molecule has 0 aromatic rings. The van der Waals surface area contributed by atoms with Crippen molar-refractivity contribution in [3.8, 4) is 0 Å². The summed E-state index contributed by atoms with van der Waals surface area (Å²) in [4.78, 5) is 25.4. The van der Waals surface area contributed by atoms with Gasteiger partial charge in [0.15, 0.2) is 0 Å². The van der Waals surface area contributed by atoms with Crippen LogP contribution in [0.1, 0.15) is 80.1 Å². The number of amides is 2. The van der Waals surface area contributed by atoms with E-state index in [4.69, 9.17) is 14.2 Å². The number of nitrogens with one attached hydrogen (secondary N) is 3. The molecule has 0 spiro atoms. The van der Waals surface area contributed by atoms with Crippen LogP contribution in [0.5, 0.6) is 0 Å². The number of carbonyl (C=O) groups is 2. The summed E-state index contributed by atoms with van der Waals surface area (Å²) in [7, 11) is 0. The predicted molar refractivity (Wildman–Crippen MR) is 148 cm³/mol. The standard InChI is InChI=1S/C17H32N2O4.C11H22N2O2/c1-16(2,3)23-15(20)18-12-14-4-8-19(9-5-14)13-17(21)6-10-22-11-7-17;1-11(2,3)15-10(14)13-8-9-4-6-12-7-5-9/h14,21H,4-13H2,1-3H3,(H,18,20);9,12H,4-8H2,1-3H3,(H,13,14). The number of nitrogens with zero attached hydrogens (tertiary/aromatic N) is 1. The highest BCUT2D eigenvalue weighted by molar-refractivity contribution is 5.68. The molecule has 0 saturated carbocycles. The lowest BCUT2D eigenvalue weighted by Crippen LogP contribution is -2.49. The molecular weight excluding hydrogens is 488 g/mol. The van der Waals surface area contributed by atoms with Crippen molar-refractivity contribution in [3.05, 3.63) is 0 Å². The molecule has 222 valence electrons. The van der Waals surface area contributed by atoms with E-state index in [2.05, 4.69) is 20.9 Å². The number of likely N-dealkylation sites (tertiary alicyclic amines) is 1. The molecular formula is C28H54N4O6. The first-order chi connectivity index (χ1) is 17.7. The second-order valence-electron chi connectivity index (χ2n) is 13.0. The van der Waals surface area contributed by atoms with Crippen molar-refractivity contribution in [3.63, 3.8) is 0 Å². The number of hydrogen-bond donors (Lipinski definition) is 4. The average molecular weight is 543 g/mol. The van der Waals surface area contributed by atoms with Crippen LogP contribution >= 0.6 is 0 Å². The zero-order valence-electron chi connectivity index (χ0n) is 24.7. The molecule has 10 nitrogen and oxygen atoms in total. The molecule has 2 amide bonds. The Morgan fingerprint density at radius 3 is 1.76 bits per heavy atom. The number of ether oxygens (including phenoxy) is 3. The van der Waals surface area contributed by atoms with Gasteiger partial charge in [-0.15, -0.1) is 0 Å². The molecule has 3 rings (SSSR count). The van der Waals surface area contributed by atoms with Crippen LogP contribution in [-0.4, -0.2) is 98.0 Å². The van der Waals surface area contributed by atoms with Crippen molar-refractivity contribution in [2.24, 2.45) is 11.8 Å². The highest BCUT2D eigenvalue weighted by atomic mass is 16.6. The van der Waals surface area contributed by atoms with Crippen molar-refractivity contribution in [2.45, 2.75) is 96.9 Å². The monoisotopic (exact) mass is 542 g/mol. The molecule has 10 heteroatoms. The van der Waals surface area contributed by atoms with Crippen LogP contribution in [0.15, 0.2) is 0 Å². The predicted octanol–water partition coefficient (Wildman–Crippen LogP) is 3.28. The van der Waals surface area contributed by atoms with Crippen LogP contribution in [0.2, 0.25) is 0 Å². The van der Waals surface area contributed by atoms with Crippen LogP contribution in [0, 0.1) is 11.8 Å². The van der Waals surface area contributed by atoms with E-state index in [-0.39, 0.29) is 12.2 Å². The summed E-state index contributed by atoms with van der Waals surface area (Å²) in [5.74, 6) is 1.09. The Hall–Kier alpha value is -1.62. The Bertz CT molecular complexity index is 701. The average Bonchev–Trinajstić information content (AvgIpc) is 2.82. The minimum Gasteiger partial charge on any atom is -0.444 e. The third kappa shape index (κ3) is 14.5. The van der Waals surface area contributed by atoms with E-state index < -0.39 is 16.8 Å². The number of β-amino-alcohol motifs (C(OH)–C–C–N with tert-alkyl or cyclic N) is 1. The molecule has 3 aliphatic rings. The van der Waals surface area contributed by atoms with Gasteiger partial charge in [-0.25, -0.2) is 9.59 Å². The van der Waals surface area contributed by atoms with Crippen LogP contribution in [0.3, 0.4) is 0 Å². The van der Waals surface area contributed by atoms with Gasteiger partial charge in [0, 0.05) is 45.7 Å². The van der Waals surface area contributed by atoms with Crippen LogP contribution in [0.4, 0.5) is 9.59 Å². The SMILES string of the molecule is CC(C)(C)OC(=O)NCC1CCN(CC2(O)CCOCC2)CC1.CC(C)(C)OC(=O)NCC1CCNCC1. The fourth-order valence-corrected chi connectivity index (χ4v) is 4.84. The molecule has 0 atom stereocenters. The van der Waals surface area contributed by atoms with Gasteiger partial charge >= 0.3 is 12.2 Å². The van der Waals surface area contributed by atoms with E-state index in [0.29, 0.717) is 31.6 Å². The van der Waals surface area contributed by atoms with Gasteiger partial charge < -0.3 is 40.2 Å². The van der Waals surface area contributed by atoms with Crippen LogP contribution in [0.25, 0.3) is 0 Å². The molecule has 0 unspecified atom stereocenters. The van der Waals surface area contributed by atoms with E-state index >= 15 is 0 Å². The summed E-state index contributed by atoms with van der Waals surface area (Å²) >= 11 is 0. The topological polar surface area (TPSA) is 121 Å². The molecule has 38 heavy (non-hydrogen) atoms. The Labute approximate surface area is 229 Å². The normalized spacial score (nSPS) is 21.6. The molecule has 4 N–H and O–H groups in total. The lowest BCUT2D eigenvalue weighted by atomic mass is 9.91. The van der Waals surface area contributed by atoms with Crippen molar-refractivity contribution >= 4 is 12.2 Å². The summed E-state index contributed by atoms with van der Waals surface area (Å²) < 4.78 is 15.8. The van der Waals surface area contributed by atoms with Gasteiger partial charge in [-0.1, -0.05) is 0 Å². The van der Waals surface area contributed by atoms with E-state index in [1.54, 1.807) is 0 Å². The molecule has 0 bridgehead atoms. The zero-order chi connectivity index (χ0) is 28.2. The Morgan fingerprint density at radius 2 is 1.32 bits per heavy atom. The maximum Gasteiger partial charge on any atom is 0.407 e. The van der Waals surface area contributed by atoms with Crippen molar-refractivity contribution in [1.82, 2.24) is 20.9 Å². The minimum absolute atomic E-state index is 0.305. The molecule has 3 fully saturated rings. The van der Waals surface area contributed by atoms with Gasteiger partial charge in [0.1, 0.15) is 11.2 Å². The number of piperidine rings is 2. The number of alkyl carbamates (subject to hydrolysis) is 2. The van der Waals surface area contributed by atoms with Crippen molar-refractivity contribution < 1.29 is 28.9 Å². The lowest BCUT2D eigenvalue weighted by Gasteiger charge is -2.39. The van der Waals surface area contributed by atoms with Gasteiger partial charge in [-0.3, -0.25) is 0 Å². The lowest BCUT2D eigenvalue weighted by molar-refractivity contribution is -0.0829. The maximum absolute atomic E-state index is 11.7. The van der Waals surface area contributed by atoms with Gasteiger partial charge in [-0.05, 0) is 105 Å². The third-order valence-corrected chi connectivity index (χ3v) is 6.98. The molecule has 0 aromatic heterocycles. The van der Waals surface area contributed by atoms with Gasteiger partial charge in [0.25, 0.3) is 0 Å². The van der Waals surface area contributed by atoms with Crippen LogP contribution < -0.4 is 16.0 Å². The number of hydrogen-bond acceptors (Lipinski definition) is 8. The minimum atomic E-state index is -0.583. The first-order valence-electron chi connectivity index (χ1n) is 14.4. The van der Waals surface area contributed by atoms with E-state index in [1.807, 2.05) is 41.5 Å². The van der Waals surface area contributed by atoms with Gasteiger partial charge in [-0.2, -0.15) is 0 Å². The van der Waals surface area contributed by atoms with Crippen LogP contribution in [-0.2, 0) is 14.2 Å². The smallest absolute Gasteiger partial charge is 0.407 e. The molecule has 0 aromatic carbocycles. The van der Waals surface area contributed by atoms with E-state index in [0.717, 1.165) is 77.8 Å². The second-order valence-corrected chi connectivity index (χ2v) is 13.0. The Kier molecular flexibility index (Phi) is 13.1. The Balaban J connectivity index is 0.000000293. The van der Waals surface area contributed by atoms with Gasteiger partial charge in [0.05, 0.1) is 5.60 Å². The largest absolute Gasteiger partial charge is 0.444 e. The molecule has 3 heterocycles. The summed E-state index contributed by atoms with van der Waals surface area (Å²) in [6.45, 7) is 18.7. The highest BCUT2D eigenvalue weighted by Crippen LogP contribution is 2.25. The highest BCUT2D eigenvalue weighted by Gasteiger charge is 2.33. The number of rotatable bonds is 6. The first kappa shape index (κ1) is 32.6. The summed E-state index contributed by atoms with van der Waals surface area (Å²) in [5.41, 5.74) is -1.44. The van der Waals surface area contributed by atoms with Crippen molar-refractivity contribution in [2.75, 3.05) is 59.0 Å². The van der Waals surface area contributed by atoms with Gasteiger partial charge in [0.2, 0.25) is 0 Å². The third-order valence-electron chi connectivity index (χ3n) is 6.98. The first-order valence-corrected chi connectivity index (χ1v) is 14.4. The maximum atomic E-state index is 11.7. The summed E-state index contributed by atoms with van der Waals surface area (Å²) in [6, 6.07) is 0. The molecule has 0 radical (unpaired) electrons. The van der Waals surface area contributed by atoms with E-state index in [9.17, 15) is 14.7 Å². The summed E-state index contributed by atoms with van der Waals surface area (Å²) in [6.07, 6.45) is 5.17. The summed E-state index contributed by atoms with van der Waals surface area (Å²) in [5, 5.41) is 19.6. The Morgan fingerprint density at radius 1 is 0.868 bits per heavy atom. The fraction of sp³-hybridized carbons (Fsp3) is 0.929. The molecule has 0 aliphatic carbocycles. The number of aliphatic hydroxyl groups is 1. The quantitative estimate of drug-likeness (QED) is 0.404. The fourth-order valence-electron chi connectivity index (χ4n) is 4.84. The van der Waals surface area contributed by atoms with E-state index in [1.165, 1.54) is 0 Å². The zero-order valence-corrected chi connectivity index (χ0v) is 24.7. The van der Waals surface area contributed by atoms with Crippen molar-refractivity contribution in [1.29, 1.82) is 0 Å².